The minimum Gasteiger partial charge on any atom is -0.493 e. The molecule has 6 nitrogen and oxygen atoms in total. The molecule has 0 atom stereocenters. The van der Waals surface area contributed by atoms with Crippen molar-refractivity contribution in [3.63, 3.8) is 0 Å². The molecule has 0 radical (unpaired) electrons. The lowest BCUT2D eigenvalue weighted by atomic mass is 10.2. The summed E-state index contributed by atoms with van der Waals surface area (Å²) in [6.07, 6.45) is 0. The zero-order valence-electron chi connectivity index (χ0n) is 16.0. The van der Waals surface area contributed by atoms with Gasteiger partial charge < -0.3 is 20.1 Å². The number of nitrogens with one attached hydrogen (secondary N) is 2. The van der Waals surface area contributed by atoms with E-state index in [4.69, 9.17) is 9.47 Å². The van der Waals surface area contributed by atoms with Crippen molar-refractivity contribution >= 4 is 17.5 Å². The number of rotatable bonds is 7. The molecule has 2 N–H and O–H groups in total. The summed E-state index contributed by atoms with van der Waals surface area (Å²) in [6.45, 7) is 4.61. The first-order valence-corrected chi connectivity index (χ1v) is 8.71. The Labute approximate surface area is 159 Å². The van der Waals surface area contributed by atoms with E-state index in [1.165, 1.54) is 5.56 Å². The molecule has 0 amide bonds. The third-order valence-corrected chi connectivity index (χ3v) is 4.05. The summed E-state index contributed by atoms with van der Waals surface area (Å²) in [6, 6.07) is 15.9. The Balaban J connectivity index is 1.73. The number of aryl methyl sites for hydroxylation is 2. The van der Waals surface area contributed by atoms with Crippen LogP contribution in [-0.4, -0.2) is 24.2 Å². The van der Waals surface area contributed by atoms with Gasteiger partial charge in [-0.05, 0) is 49.2 Å². The SMILES string of the molecule is COc1ccc(CNc2cc(C)nc(Nc3cccc(C)c3)n2)cc1OC. The van der Waals surface area contributed by atoms with Gasteiger partial charge in [0, 0.05) is 24.0 Å². The fraction of sp³-hybridized carbons (Fsp3) is 0.238. The number of aromatic nitrogens is 2. The van der Waals surface area contributed by atoms with Crippen LogP contribution in [0.15, 0.2) is 48.5 Å². The van der Waals surface area contributed by atoms with Gasteiger partial charge in [0.2, 0.25) is 5.95 Å². The Morgan fingerprint density at radius 2 is 1.70 bits per heavy atom. The molecule has 0 bridgehead atoms. The summed E-state index contributed by atoms with van der Waals surface area (Å²) >= 11 is 0. The van der Waals surface area contributed by atoms with Gasteiger partial charge in [-0.3, -0.25) is 0 Å². The van der Waals surface area contributed by atoms with Gasteiger partial charge in [-0.25, -0.2) is 4.98 Å². The molecule has 3 aromatic rings. The molecule has 1 heterocycles. The zero-order chi connectivity index (χ0) is 19.2. The minimum absolute atomic E-state index is 0.565. The Bertz CT molecular complexity index is 928. The van der Waals surface area contributed by atoms with Gasteiger partial charge in [-0.1, -0.05) is 18.2 Å². The summed E-state index contributed by atoms with van der Waals surface area (Å²) in [7, 11) is 3.26. The van der Waals surface area contributed by atoms with Crippen LogP contribution in [0.4, 0.5) is 17.5 Å². The second-order valence-corrected chi connectivity index (χ2v) is 6.26. The van der Waals surface area contributed by atoms with Crippen LogP contribution in [0.5, 0.6) is 11.5 Å². The van der Waals surface area contributed by atoms with Crippen LogP contribution >= 0.6 is 0 Å². The molecule has 27 heavy (non-hydrogen) atoms. The highest BCUT2D eigenvalue weighted by Gasteiger charge is 2.06. The maximum Gasteiger partial charge on any atom is 0.229 e. The van der Waals surface area contributed by atoms with Crippen LogP contribution in [0.2, 0.25) is 0 Å². The van der Waals surface area contributed by atoms with E-state index in [9.17, 15) is 0 Å². The summed E-state index contributed by atoms with van der Waals surface area (Å²) in [5, 5.41) is 6.60. The predicted molar refractivity (Wildman–Crippen MR) is 108 cm³/mol. The topological polar surface area (TPSA) is 68.3 Å². The van der Waals surface area contributed by atoms with Crippen LogP contribution in [0, 0.1) is 13.8 Å². The van der Waals surface area contributed by atoms with Crippen LogP contribution in [0.25, 0.3) is 0 Å². The van der Waals surface area contributed by atoms with E-state index in [-0.39, 0.29) is 0 Å². The molecular weight excluding hydrogens is 340 g/mol. The first-order chi connectivity index (χ1) is 13.1. The highest BCUT2D eigenvalue weighted by molar-refractivity contribution is 5.56. The molecule has 0 unspecified atom stereocenters. The Morgan fingerprint density at radius 3 is 2.44 bits per heavy atom. The smallest absolute Gasteiger partial charge is 0.229 e. The molecule has 2 aromatic carbocycles. The van der Waals surface area contributed by atoms with Crippen molar-refractivity contribution in [2.24, 2.45) is 0 Å². The maximum atomic E-state index is 5.35. The molecule has 6 heteroatoms. The van der Waals surface area contributed by atoms with E-state index in [1.54, 1.807) is 14.2 Å². The van der Waals surface area contributed by atoms with Crippen molar-refractivity contribution < 1.29 is 9.47 Å². The Kier molecular flexibility index (Phi) is 5.76. The lowest BCUT2D eigenvalue weighted by Gasteiger charge is -2.12. The van der Waals surface area contributed by atoms with Crippen molar-refractivity contribution in [1.82, 2.24) is 9.97 Å². The Hall–Kier alpha value is -3.28. The standard InChI is InChI=1S/C21H24N4O2/c1-14-6-5-7-17(10-14)24-21-23-15(2)11-20(25-21)22-13-16-8-9-18(26-3)19(12-16)27-4/h5-12H,13H2,1-4H3,(H2,22,23,24,25). The molecule has 0 saturated carbocycles. The summed E-state index contributed by atoms with van der Waals surface area (Å²) in [5.74, 6) is 2.74. The first kappa shape index (κ1) is 18.5. The number of nitrogens with zero attached hydrogens (tertiary/aromatic N) is 2. The zero-order valence-corrected chi connectivity index (χ0v) is 16.0. The molecule has 0 aliphatic carbocycles. The van der Waals surface area contributed by atoms with E-state index in [1.807, 2.05) is 43.3 Å². The third-order valence-electron chi connectivity index (χ3n) is 4.05. The van der Waals surface area contributed by atoms with E-state index >= 15 is 0 Å². The highest BCUT2D eigenvalue weighted by Crippen LogP contribution is 2.28. The van der Waals surface area contributed by atoms with Crippen molar-refractivity contribution in [3.8, 4) is 11.5 Å². The quantitative estimate of drug-likeness (QED) is 0.645. The number of hydrogen-bond donors (Lipinski definition) is 2. The number of methoxy groups -OCH3 is 2. The second kappa shape index (κ2) is 8.40. The average molecular weight is 364 g/mol. The number of benzene rings is 2. The summed E-state index contributed by atoms with van der Waals surface area (Å²) in [5.41, 5.74) is 4.10. The van der Waals surface area contributed by atoms with Crippen LogP contribution < -0.4 is 20.1 Å². The highest BCUT2D eigenvalue weighted by atomic mass is 16.5. The molecule has 140 valence electrons. The van der Waals surface area contributed by atoms with Crippen LogP contribution in [0.3, 0.4) is 0 Å². The monoisotopic (exact) mass is 364 g/mol. The maximum absolute atomic E-state index is 5.35. The van der Waals surface area contributed by atoms with Gasteiger partial charge in [0.1, 0.15) is 5.82 Å². The predicted octanol–water partition coefficient (Wildman–Crippen LogP) is 4.47. The number of anilines is 3. The van der Waals surface area contributed by atoms with Gasteiger partial charge in [-0.15, -0.1) is 0 Å². The van der Waals surface area contributed by atoms with E-state index in [2.05, 4.69) is 39.7 Å². The fourth-order valence-corrected chi connectivity index (χ4v) is 2.75. The molecule has 0 fully saturated rings. The van der Waals surface area contributed by atoms with Gasteiger partial charge in [0.25, 0.3) is 0 Å². The first-order valence-electron chi connectivity index (χ1n) is 8.71. The van der Waals surface area contributed by atoms with Gasteiger partial charge in [0.05, 0.1) is 14.2 Å². The molecule has 1 aromatic heterocycles. The third kappa shape index (κ3) is 4.88. The number of hydrogen-bond acceptors (Lipinski definition) is 6. The average Bonchev–Trinajstić information content (AvgIpc) is 2.65. The molecule has 0 aliphatic rings. The molecule has 0 aliphatic heterocycles. The largest absolute Gasteiger partial charge is 0.493 e. The number of ether oxygens (including phenoxy) is 2. The van der Waals surface area contributed by atoms with E-state index in [0.29, 0.717) is 24.0 Å². The van der Waals surface area contributed by atoms with E-state index in [0.717, 1.165) is 22.8 Å². The molecule has 0 saturated heterocycles. The molecule has 0 spiro atoms. The second-order valence-electron chi connectivity index (χ2n) is 6.26. The van der Waals surface area contributed by atoms with Gasteiger partial charge in [0.15, 0.2) is 11.5 Å². The molecular formula is C21H24N4O2. The van der Waals surface area contributed by atoms with Crippen LogP contribution in [-0.2, 0) is 6.54 Å². The fourth-order valence-electron chi connectivity index (χ4n) is 2.75. The lowest BCUT2D eigenvalue weighted by molar-refractivity contribution is 0.354. The normalized spacial score (nSPS) is 10.4. The van der Waals surface area contributed by atoms with Crippen molar-refractivity contribution in [1.29, 1.82) is 0 Å². The van der Waals surface area contributed by atoms with Gasteiger partial charge >= 0.3 is 0 Å². The van der Waals surface area contributed by atoms with Crippen molar-refractivity contribution in [2.75, 3.05) is 24.9 Å². The molecule has 3 rings (SSSR count). The summed E-state index contributed by atoms with van der Waals surface area (Å²) < 4.78 is 10.6. The van der Waals surface area contributed by atoms with Crippen LogP contribution in [0.1, 0.15) is 16.8 Å². The lowest BCUT2D eigenvalue weighted by Crippen LogP contribution is -2.06. The minimum atomic E-state index is 0.565. The van der Waals surface area contributed by atoms with Gasteiger partial charge in [-0.2, -0.15) is 4.98 Å². The Morgan fingerprint density at radius 1 is 0.889 bits per heavy atom. The van der Waals surface area contributed by atoms with Crippen molar-refractivity contribution in [2.45, 2.75) is 20.4 Å². The summed E-state index contributed by atoms with van der Waals surface area (Å²) in [4.78, 5) is 9.03. The van der Waals surface area contributed by atoms with Crippen molar-refractivity contribution in [3.05, 3.63) is 65.4 Å². The van der Waals surface area contributed by atoms with E-state index < -0.39 is 0 Å².